The Morgan fingerprint density at radius 3 is 2.38 bits per heavy atom. The lowest BCUT2D eigenvalue weighted by atomic mass is 10.2. The van der Waals surface area contributed by atoms with E-state index in [4.69, 9.17) is 19.5 Å². The molecule has 21 heavy (non-hydrogen) atoms. The molecule has 0 saturated carbocycles. The molecule has 0 aliphatic heterocycles. The lowest BCUT2D eigenvalue weighted by Gasteiger charge is -2.09. The van der Waals surface area contributed by atoms with Crippen molar-refractivity contribution < 1.29 is 19.0 Å². The maximum atomic E-state index is 11.7. The van der Waals surface area contributed by atoms with E-state index in [-0.39, 0.29) is 6.61 Å². The number of rotatable bonds is 5. The van der Waals surface area contributed by atoms with E-state index >= 15 is 0 Å². The van der Waals surface area contributed by atoms with E-state index in [9.17, 15) is 4.79 Å². The fourth-order valence-electron chi connectivity index (χ4n) is 1.63. The minimum Gasteiger partial charge on any atom is -0.493 e. The number of ether oxygens (including phenoxy) is 3. The topological polar surface area (TPSA) is 68.6 Å². The molecule has 2 rings (SSSR count). The lowest BCUT2D eigenvalue weighted by Crippen LogP contribution is -2.17. The van der Waals surface area contributed by atoms with Gasteiger partial charge in [0.1, 0.15) is 5.75 Å². The van der Waals surface area contributed by atoms with E-state index in [0.717, 1.165) is 0 Å². The Labute approximate surface area is 122 Å². The number of hydrogen-bond donors (Lipinski definition) is 0. The van der Waals surface area contributed by atoms with Gasteiger partial charge in [0, 0.05) is 0 Å². The SMILES string of the molecule is COc1ccccc1OCC(=O)Oc1ccc(C#N)cc1. The van der Waals surface area contributed by atoms with E-state index in [1.807, 2.05) is 6.07 Å². The molecule has 2 aromatic rings. The third-order valence-electron chi connectivity index (χ3n) is 2.63. The van der Waals surface area contributed by atoms with E-state index in [1.165, 1.54) is 7.11 Å². The summed E-state index contributed by atoms with van der Waals surface area (Å²) in [5, 5.41) is 8.68. The summed E-state index contributed by atoms with van der Waals surface area (Å²) in [6, 6.07) is 15.3. The van der Waals surface area contributed by atoms with Gasteiger partial charge >= 0.3 is 5.97 Å². The van der Waals surface area contributed by atoms with Gasteiger partial charge in [-0.1, -0.05) is 12.1 Å². The number of carbonyl (C=O) groups excluding carboxylic acids is 1. The zero-order valence-corrected chi connectivity index (χ0v) is 11.4. The first kappa shape index (κ1) is 14.4. The molecule has 0 bridgehead atoms. The van der Waals surface area contributed by atoms with Gasteiger partial charge in [-0.2, -0.15) is 5.26 Å². The second-order valence-corrected chi connectivity index (χ2v) is 4.05. The number of esters is 1. The Kier molecular flexibility index (Phi) is 4.78. The van der Waals surface area contributed by atoms with Gasteiger partial charge in [0.25, 0.3) is 0 Å². The van der Waals surface area contributed by atoms with Gasteiger partial charge in [-0.25, -0.2) is 4.79 Å². The molecular weight excluding hydrogens is 270 g/mol. The van der Waals surface area contributed by atoms with Crippen LogP contribution in [0.25, 0.3) is 0 Å². The highest BCUT2D eigenvalue weighted by Crippen LogP contribution is 2.25. The average Bonchev–Trinajstić information content (AvgIpc) is 2.54. The van der Waals surface area contributed by atoms with Crippen LogP contribution >= 0.6 is 0 Å². The number of hydrogen-bond acceptors (Lipinski definition) is 5. The van der Waals surface area contributed by atoms with Gasteiger partial charge in [-0.3, -0.25) is 0 Å². The van der Waals surface area contributed by atoms with Crippen LogP contribution in [0.2, 0.25) is 0 Å². The maximum absolute atomic E-state index is 11.7. The van der Waals surface area contributed by atoms with E-state index in [1.54, 1.807) is 48.5 Å². The molecule has 106 valence electrons. The van der Waals surface area contributed by atoms with Gasteiger partial charge in [0.15, 0.2) is 18.1 Å². The van der Waals surface area contributed by atoms with E-state index < -0.39 is 5.97 Å². The predicted molar refractivity (Wildman–Crippen MR) is 75.3 cm³/mol. The van der Waals surface area contributed by atoms with Crippen molar-refractivity contribution in [1.82, 2.24) is 0 Å². The van der Waals surface area contributed by atoms with Crippen molar-refractivity contribution >= 4 is 5.97 Å². The van der Waals surface area contributed by atoms with Crippen LogP contribution in [-0.2, 0) is 4.79 Å². The molecule has 0 aromatic heterocycles. The summed E-state index contributed by atoms with van der Waals surface area (Å²) >= 11 is 0. The number of para-hydroxylation sites is 2. The minimum absolute atomic E-state index is 0.236. The largest absolute Gasteiger partial charge is 0.493 e. The lowest BCUT2D eigenvalue weighted by molar-refractivity contribution is -0.136. The minimum atomic E-state index is -0.536. The van der Waals surface area contributed by atoms with E-state index in [2.05, 4.69) is 0 Å². The molecule has 0 heterocycles. The zero-order valence-electron chi connectivity index (χ0n) is 11.4. The molecule has 2 aromatic carbocycles. The summed E-state index contributed by atoms with van der Waals surface area (Å²) < 4.78 is 15.6. The monoisotopic (exact) mass is 283 g/mol. The summed E-state index contributed by atoms with van der Waals surface area (Å²) in [6.45, 7) is -0.236. The highest BCUT2D eigenvalue weighted by atomic mass is 16.6. The molecule has 0 atom stereocenters. The van der Waals surface area contributed by atoms with Crippen LogP contribution in [0.4, 0.5) is 0 Å². The van der Waals surface area contributed by atoms with Gasteiger partial charge in [0.2, 0.25) is 0 Å². The van der Waals surface area contributed by atoms with E-state index in [0.29, 0.717) is 22.8 Å². The third kappa shape index (κ3) is 3.98. The molecule has 0 aliphatic rings. The second-order valence-electron chi connectivity index (χ2n) is 4.05. The maximum Gasteiger partial charge on any atom is 0.349 e. The van der Waals surface area contributed by atoms with Crippen molar-refractivity contribution in [1.29, 1.82) is 5.26 Å². The number of nitriles is 1. The molecular formula is C16H13NO4. The van der Waals surface area contributed by atoms with Crippen molar-refractivity contribution in [2.24, 2.45) is 0 Å². The molecule has 5 nitrogen and oxygen atoms in total. The van der Waals surface area contributed by atoms with Crippen molar-refractivity contribution in [3.63, 3.8) is 0 Å². The first-order valence-electron chi connectivity index (χ1n) is 6.19. The van der Waals surface area contributed by atoms with Gasteiger partial charge < -0.3 is 14.2 Å². The number of carbonyl (C=O) groups is 1. The summed E-state index contributed by atoms with van der Waals surface area (Å²) in [7, 11) is 1.53. The van der Waals surface area contributed by atoms with Crippen LogP contribution in [0.5, 0.6) is 17.2 Å². The van der Waals surface area contributed by atoms with Crippen molar-refractivity contribution in [2.45, 2.75) is 0 Å². The zero-order chi connectivity index (χ0) is 15.1. The van der Waals surface area contributed by atoms with Crippen LogP contribution in [0.3, 0.4) is 0 Å². The summed E-state index contributed by atoms with van der Waals surface area (Å²) in [6.07, 6.45) is 0. The quantitative estimate of drug-likeness (QED) is 0.623. The summed E-state index contributed by atoms with van der Waals surface area (Å²) in [5.41, 5.74) is 0.500. The summed E-state index contributed by atoms with van der Waals surface area (Å²) in [4.78, 5) is 11.7. The van der Waals surface area contributed by atoms with Crippen molar-refractivity contribution in [3.8, 4) is 23.3 Å². The highest BCUT2D eigenvalue weighted by Gasteiger charge is 2.09. The Bertz CT molecular complexity index is 659. The smallest absolute Gasteiger partial charge is 0.349 e. The summed E-state index contributed by atoms with van der Waals surface area (Å²) in [5.74, 6) is 0.841. The van der Waals surface area contributed by atoms with Crippen LogP contribution in [-0.4, -0.2) is 19.7 Å². The van der Waals surface area contributed by atoms with Crippen LogP contribution in [0, 0.1) is 11.3 Å². The second kappa shape index (κ2) is 6.96. The van der Waals surface area contributed by atoms with Crippen LogP contribution in [0.1, 0.15) is 5.56 Å². The Morgan fingerprint density at radius 1 is 1.10 bits per heavy atom. The third-order valence-corrected chi connectivity index (χ3v) is 2.63. The fraction of sp³-hybridized carbons (Fsp3) is 0.125. The fourth-order valence-corrected chi connectivity index (χ4v) is 1.63. The molecule has 0 amide bonds. The Hall–Kier alpha value is -3.00. The molecule has 0 unspecified atom stereocenters. The average molecular weight is 283 g/mol. The molecule has 0 aliphatic carbocycles. The van der Waals surface area contributed by atoms with Crippen molar-refractivity contribution in [2.75, 3.05) is 13.7 Å². The van der Waals surface area contributed by atoms with Crippen LogP contribution < -0.4 is 14.2 Å². The van der Waals surface area contributed by atoms with Gasteiger partial charge in [0.05, 0.1) is 18.7 Å². The van der Waals surface area contributed by atoms with Crippen LogP contribution in [0.15, 0.2) is 48.5 Å². The van der Waals surface area contributed by atoms with Gasteiger partial charge in [-0.05, 0) is 36.4 Å². The first-order chi connectivity index (χ1) is 10.2. The standard InChI is InChI=1S/C16H13NO4/c1-19-14-4-2-3-5-15(14)20-11-16(18)21-13-8-6-12(10-17)7-9-13/h2-9H,11H2,1H3. The molecule has 0 spiro atoms. The predicted octanol–water partition coefficient (Wildman–Crippen LogP) is 2.55. The Balaban J connectivity index is 1.91. The van der Waals surface area contributed by atoms with Crippen molar-refractivity contribution in [3.05, 3.63) is 54.1 Å². The molecule has 0 saturated heterocycles. The number of nitrogens with zero attached hydrogens (tertiary/aromatic N) is 1. The van der Waals surface area contributed by atoms with Gasteiger partial charge in [-0.15, -0.1) is 0 Å². The molecule has 0 N–H and O–H groups in total. The number of benzene rings is 2. The highest BCUT2D eigenvalue weighted by molar-refractivity contribution is 5.74. The molecule has 5 heteroatoms. The Morgan fingerprint density at radius 2 is 1.76 bits per heavy atom. The first-order valence-corrected chi connectivity index (χ1v) is 6.19. The normalized spacial score (nSPS) is 9.52. The molecule has 0 radical (unpaired) electrons. The number of methoxy groups -OCH3 is 1. The molecule has 0 fully saturated rings.